The van der Waals surface area contributed by atoms with Gasteiger partial charge in [0.05, 0.1) is 0 Å². The quantitative estimate of drug-likeness (QED) is 0.594. The molecular weight excluding hydrogens is 217 g/mol. The Morgan fingerprint density at radius 2 is 1.50 bits per heavy atom. The van der Waals surface area contributed by atoms with E-state index in [4.69, 9.17) is 10.00 Å². The molecule has 78 valence electrons. The second kappa shape index (κ2) is 5.30. The van der Waals surface area contributed by atoms with Crippen LogP contribution in [0, 0.1) is 11.5 Å². The Morgan fingerprint density at radius 3 is 2.12 bits per heavy atom. The summed E-state index contributed by atoms with van der Waals surface area (Å²) in [4.78, 5) is 0. The second-order valence-electron chi connectivity index (χ2n) is 3.21. The molecule has 2 rings (SSSR count). The van der Waals surface area contributed by atoms with Crippen molar-refractivity contribution in [3.05, 3.63) is 54.6 Å². The van der Waals surface area contributed by atoms with Crippen molar-refractivity contribution in [3.8, 4) is 12.0 Å². The number of hydrogen-bond acceptors (Lipinski definition) is 2. The number of nitrogens with zero attached hydrogens (tertiary/aromatic N) is 1. The summed E-state index contributed by atoms with van der Waals surface area (Å²) < 4.78 is 4.72. The van der Waals surface area contributed by atoms with E-state index in [9.17, 15) is 0 Å². The van der Waals surface area contributed by atoms with Gasteiger partial charge in [0.15, 0.2) is 0 Å². The smallest absolute Gasteiger partial charge is 0.292 e. The molecule has 2 aromatic rings. The van der Waals surface area contributed by atoms with Crippen LogP contribution in [-0.4, -0.2) is 0 Å². The zero-order valence-corrected chi connectivity index (χ0v) is 9.55. The molecule has 16 heavy (non-hydrogen) atoms. The number of rotatable bonds is 3. The molecule has 3 heteroatoms. The van der Waals surface area contributed by atoms with Crippen LogP contribution < -0.4 is 15.3 Å². The Hall–Kier alpha value is -1.84. The first-order valence-electron chi connectivity index (χ1n) is 4.86. The predicted octanol–water partition coefficient (Wildman–Crippen LogP) is 2.18. The maximum atomic E-state index is 8.35. The molecule has 0 aliphatic carbocycles. The molecule has 0 aliphatic rings. The van der Waals surface area contributed by atoms with Gasteiger partial charge in [-0.05, 0) is 22.7 Å². The highest BCUT2D eigenvalue weighted by molar-refractivity contribution is 7.55. The van der Waals surface area contributed by atoms with E-state index in [1.54, 1.807) is 6.26 Å². The molecule has 0 spiro atoms. The van der Waals surface area contributed by atoms with Crippen LogP contribution in [0.15, 0.2) is 54.6 Å². The lowest BCUT2D eigenvalue weighted by Crippen LogP contribution is -2.02. The van der Waals surface area contributed by atoms with E-state index in [0.29, 0.717) is 14.3 Å². The van der Waals surface area contributed by atoms with E-state index in [0.717, 1.165) is 0 Å². The maximum absolute atomic E-state index is 8.35. The highest BCUT2D eigenvalue weighted by Crippen LogP contribution is 2.14. The fourth-order valence-electron chi connectivity index (χ4n) is 1.35. The van der Waals surface area contributed by atoms with Crippen molar-refractivity contribution in [2.75, 3.05) is 0 Å². The topological polar surface area (TPSA) is 33.0 Å². The summed E-state index contributed by atoms with van der Waals surface area (Å²) in [5.41, 5.74) is 0. The van der Waals surface area contributed by atoms with Gasteiger partial charge in [0.2, 0.25) is 0 Å². The normalized spacial score (nSPS) is 10.2. The molecule has 2 aromatic carbocycles. The van der Waals surface area contributed by atoms with Crippen LogP contribution in [0.4, 0.5) is 0 Å². The summed E-state index contributed by atoms with van der Waals surface area (Å²) in [7, 11) is 0.637. The predicted molar refractivity (Wildman–Crippen MR) is 66.7 cm³/mol. The summed E-state index contributed by atoms with van der Waals surface area (Å²) in [5, 5.41) is 10.9. The van der Waals surface area contributed by atoms with E-state index in [1.807, 2.05) is 42.5 Å². The highest BCUT2D eigenvalue weighted by Gasteiger charge is 1.96. The Bertz CT molecular complexity index is 488. The minimum atomic E-state index is 0.587. The largest absolute Gasteiger partial charge is 0.388 e. The van der Waals surface area contributed by atoms with Crippen LogP contribution in [0.1, 0.15) is 0 Å². The first-order valence-corrected chi connectivity index (χ1v) is 5.86. The van der Waals surface area contributed by atoms with Crippen molar-refractivity contribution in [2.24, 2.45) is 0 Å². The first-order chi connectivity index (χ1) is 7.88. The molecule has 1 atom stereocenters. The SMILES string of the molecule is N#COc1ccc(Pc2ccccc2)cc1. The molecule has 0 amide bonds. The van der Waals surface area contributed by atoms with Crippen molar-refractivity contribution < 1.29 is 4.74 Å². The second-order valence-corrected chi connectivity index (χ2v) is 4.61. The van der Waals surface area contributed by atoms with Gasteiger partial charge in [-0.15, -0.1) is 5.26 Å². The van der Waals surface area contributed by atoms with Crippen LogP contribution in [0.2, 0.25) is 0 Å². The fraction of sp³-hybridized carbons (Fsp3) is 0. The van der Waals surface area contributed by atoms with Gasteiger partial charge >= 0.3 is 0 Å². The van der Waals surface area contributed by atoms with Crippen molar-refractivity contribution >= 4 is 19.2 Å². The minimum absolute atomic E-state index is 0.587. The van der Waals surface area contributed by atoms with Gasteiger partial charge in [0.1, 0.15) is 5.75 Å². The molecule has 0 aromatic heterocycles. The third-order valence-corrected chi connectivity index (χ3v) is 3.32. The number of nitriles is 1. The lowest BCUT2D eigenvalue weighted by molar-refractivity contribution is 0.507. The third-order valence-electron chi connectivity index (χ3n) is 2.08. The number of benzene rings is 2. The van der Waals surface area contributed by atoms with Gasteiger partial charge < -0.3 is 4.74 Å². The summed E-state index contributed by atoms with van der Waals surface area (Å²) in [6.45, 7) is 0. The van der Waals surface area contributed by atoms with Crippen molar-refractivity contribution in [3.63, 3.8) is 0 Å². The molecule has 0 saturated heterocycles. The molecule has 0 N–H and O–H groups in total. The molecule has 1 unspecified atom stereocenters. The lowest BCUT2D eigenvalue weighted by atomic mass is 10.3. The van der Waals surface area contributed by atoms with Crippen LogP contribution in [-0.2, 0) is 0 Å². The van der Waals surface area contributed by atoms with Crippen LogP contribution in [0.5, 0.6) is 5.75 Å². The highest BCUT2D eigenvalue weighted by atomic mass is 31.1. The zero-order valence-electron chi connectivity index (χ0n) is 8.55. The van der Waals surface area contributed by atoms with Gasteiger partial charge in [-0.25, -0.2) is 0 Å². The van der Waals surface area contributed by atoms with E-state index >= 15 is 0 Å². The Morgan fingerprint density at radius 1 is 0.875 bits per heavy atom. The summed E-state index contributed by atoms with van der Waals surface area (Å²) in [5.74, 6) is 0.587. The number of ether oxygens (including phenoxy) is 1. The average molecular weight is 227 g/mol. The summed E-state index contributed by atoms with van der Waals surface area (Å²) >= 11 is 0. The first kappa shape index (κ1) is 10.7. The molecule has 0 aliphatic heterocycles. The number of hydrogen-bond donors (Lipinski definition) is 0. The zero-order chi connectivity index (χ0) is 11.2. The van der Waals surface area contributed by atoms with Crippen molar-refractivity contribution in [1.29, 1.82) is 5.26 Å². The molecule has 0 fully saturated rings. The van der Waals surface area contributed by atoms with Gasteiger partial charge in [-0.1, -0.05) is 51.0 Å². The molecule has 0 radical (unpaired) electrons. The third kappa shape index (κ3) is 2.82. The van der Waals surface area contributed by atoms with Crippen molar-refractivity contribution in [1.82, 2.24) is 0 Å². The van der Waals surface area contributed by atoms with Gasteiger partial charge in [-0.2, -0.15) is 0 Å². The van der Waals surface area contributed by atoms with Crippen LogP contribution in [0.25, 0.3) is 0 Å². The molecule has 2 nitrogen and oxygen atoms in total. The molecular formula is C13H10NOP. The average Bonchev–Trinajstić information content (AvgIpc) is 2.33. The van der Waals surface area contributed by atoms with Crippen LogP contribution in [0.3, 0.4) is 0 Å². The Balaban J connectivity index is 2.09. The lowest BCUT2D eigenvalue weighted by Gasteiger charge is -2.02. The standard InChI is InChI=1S/C13H10NOP/c14-10-15-11-6-8-13(9-7-11)16-12-4-2-1-3-5-12/h1-9,16H. The maximum Gasteiger partial charge on any atom is 0.292 e. The van der Waals surface area contributed by atoms with Gasteiger partial charge in [0, 0.05) is 0 Å². The molecule has 0 bridgehead atoms. The minimum Gasteiger partial charge on any atom is -0.388 e. The van der Waals surface area contributed by atoms with Gasteiger partial charge in [-0.3, -0.25) is 0 Å². The monoisotopic (exact) mass is 227 g/mol. The van der Waals surface area contributed by atoms with E-state index < -0.39 is 0 Å². The van der Waals surface area contributed by atoms with Crippen molar-refractivity contribution in [2.45, 2.75) is 0 Å². The summed E-state index contributed by atoms with van der Waals surface area (Å²) in [6, 6.07) is 17.9. The van der Waals surface area contributed by atoms with Crippen LogP contribution >= 0.6 is 8.58 Å². The van der Waals surface area contributed by atoms with E-state index in [2.05, 4.69) is 12.1 Å². The molecule has 0 heterocycles. The molecule has 0 saturated carbocycles. The summed E-state index contributed by atoms with van der Waals surface area (Å²) in [6.07, 6.45) is 1.66. The van der Waals surface area contributed by atoms with E-state index in [-0.39, 0.29) is 0 Å². The fourth-order valence-corrected chi connectivity index (χ4v) is 2.37. The Labute approximate surface area is 96.3 Å². The van der Waals surface area contributed by atoms with Gasteiger partial charge in [0.25, 0.3) is 6.26 Å². The Kier molecular flexibility index (Phi) is 3.53. The van der Waals surface area contributed by atoms with E-state index in [1.165, 1.54) is 10.6 Å².